The Kier molecular flexibility index (Phi) is 4.28. The molecule has 3 aromatic heterocycles. The number of oxazole rings is 1. The van der Waals surface area contributed by atoms with Gasteiger partial charge in [-0.05, 0) is 29.0 Å². The molecule has 1 N–H and O–H groups in total. The van der Waals surface area contributed by atoms with Gasteiger partial charge in [-0.15, -0.1) is 11.3 Å². The average Bonchev–Trinajstić information content (AvgIpc) is 3.13. The molecule has 24 heavy (non-hydrogen) atoms. The Labute approximate surface area is 143 Å². The molecule has 0 saturated carbocycles. The fourth-order valence-corrected chi connectivity index (χ4v) is 3.58. The van der Waals surface area contributed by atoms with E-state index in [4.69, 9.17) is 4.42 Å². The Morgan fingerprint density at radius 3 is 2.83 bits per heavy atom. The largest absolute Gasteiger partial charge is 0.421 e. The van der Waals surface area contributed by atoms with E-state index in [9.17, 15) is 9.59 Å². The summed E-state index contributed by atoms with van der Waals surface area (Å²) < 4.78 is 6.36. The van der Waals surface area contributed by atoms with Crippen LogP contribution in [0.25, 0.3) is 11.2 Å². The monoisotopic (exact) mass is 345 g/mol. The summed E-state index contributed by atoms with van der Waals surface area (Å²) in [5.41, 5.74) is 0.601. The minimum Gasteiger partial charge on any atom is -0.406 e. The van der Waals surface area contributed by atoms with Crippen LogP contribution in [0.5, 0.6) is 0 Å². The van der Waals surface area contributed by atoms with Crippen LogP contribution in [0, 0.1) is 5.41 Å². The second kappa shape index (κ2) is 6.24. The minimum atomic E-state index is -0.581. The molecule has 3 rings (SSSR count). The topological polar surface area (TPSA) is 77.1 Å². The quantitative estimate of drug-likeness (QED) is 0.789. The van der Waals surface area contributed by atoms with Crippen molar-refractivity contribution in [3.63, 3.8) is 0 Å². The molecule has 0 aliphatic carbocycles. The highest BCUT2D eigenvalue weighted by molar-refractivity contribution is 7.10. The van der Waals surface area contributed by atoms with Crippen molar-refractivity contribution in [3.05, 3.63) is 51.3 Å². The summed E-state index contributed by atoms with van der Waals surface area (Å²) in [5.74, 6) is -0.832. The molecule has 7 heteroatoms. The van der Waals surface area contributed by atoms with E-state index in [0.717, 1.165) is 4.88 Å². The summed E-state index contributed by atoms with van der Waals surface area (Å²) in [5, 5.41) is 5.02. The van der Waals surface area contributed by atoms with E-state index in [-0.39, 0.29) is 23.9 Å². The molecule has 0 aliphatic heterocycles. The predicted octanol–water partition coefficient (Wildman–Crippen LogP) is 2.95. The molecular weight excluding hydrogens is 326 g/mol. The molecule has 3 aromatic rings. The maximum absolute atomic E-state index is 12.5. The van der Waals surface area contributed by atoms with Gasteiger partial charge in [-0.1, -0.05) is 26.8 Å². The van der Waals surface area contributed by atoms with E-state index in [2.05, 4.69) is 31.1 Å². The fraction of sp³-hybridized carbons (Fsp3) is 0.353. The molecule has 0 unspecified atom stereocenters. The van der Waals surface area contributed by atoms with E-state index in [1.54, 1.807) is 29.7 Å². The number of carbonyl (C=O) groups excluding carboxylic acids is 1. The Morgan fingerprint density at radius 1 is 1.38 bits per heavy atom. The number of hydrogen-bond acceptors (Lipinski definition) is 5. The molecule has 6 nitrogen and oxygen atoms in total. The van der Waals surface area contributed by atoms with E-state index in [0.29, 0.717) is 11.2 Å². The van der Waals surface area contributed by atoms with Gasteiger partial charge < -0.3 is 9.73 Å². The summed E-state index contributed by atoms with van der Waals surface area (Å²) in [7, 11) is 0. The van der Waals surface area contributed by atoms with Crippen LogP contribution in [-0.4, -0.2) is 15.5 Å². The van der Waals surface area contributed by atoms with Crippen LogP contribution < -0.4 is 11.1 Å². The fourth-order valence-electron chi connectivity index (χ4n) is 2.56. The van der Waals surface area contributed by atoms with Crippen LogP contribution in [0.4, 0.5) is 0 Å². The van der Waals surface area contributed by atoms with Gasteiger partial charge in [0.2, 0.25) is 5.91 Å². The van der Waals surface area contributed by atoms with Crippen LogP contribution in [0.1, 0.15) is 31.7 Å². The second-order valence-electron chi connectivity index (χ2n) is 6.66. The van der Waals surface area contributed by atoms with Gasteiger partial charge in [0, 0.05) is 11.1 Å². The highest BCUT2D eigenvalue weighted by Crippen LogP contribution is 2.35. The van der Waals surface area contributed by atoms with E-state index in [1.165, 1.54) is 4.57 Å². The van der Waals surface area contributed by atoms with Crippen molar-refractivity contribution >= 4 is 28.5 Å². The number of nitrogens with zero attached hydrogens (tertiary/aromatic N) is 2. The summed E-state index contributed by atoms with van der Waals surface area (Å²) in [4.78, 5) is 29.7. The number of aromatic nitrogens is 2. The van der Waals surface area contributed by atoms with Crippen molar-refractivity contribution in [1.82, 2.24) is 14.9 Å². The smallest absolute Gasteiger partial charge is 0.406 e. The minimum absolute atomic E-state index is 0.124. The number of pyridine rings is 1. The van der Waals surface area contributed by atoms with Crippen LogP contribution in [0.3, 0.4) is 0 Å². The average molecular weight is 345 g/mol. The summed E-state index contributed by atoms with van der Waals surface area (Å²) in [6.07, 6.45) is 1.56. The summed E-state index contributed by atoms with van der Waals surface area (Å²) in [6, 6.07) is 7.17. The van der Waals surface area contributed by atoms with Gasteiger partial charge in [0.1, 0.15) is 6.54 Å². The molecule has 0 radical (unpaired) electrons. The molecule has 3 heterocycles. The first-order chi connectivity index (χ1) is 11.4. The molecule has 0 aromatic carbocycles. The van der Waals surface area contributed by atoms with Crippen LogP contribution in [0.15, 0.2) is 45.1 Å². The summed E-state index contributed by atoms with van der Waals surface area (Å²) in [6.45, 7) is 6.08. The number of amides is 1. The second-order valence-corrected chi connectivity index (χ2v) is 7.64. The first kappa shape index (κ1) is 16.4. The van der Waals surface area contributed by atoms with Gasteiger partial charge in [0.05, 0.1) is 6.04 Å². The lowest BCUT2D eigenvalue weighted by atomic mass is 9.85. The Hall–Kier alpha value is -2.41. The van der Waals surface area contributed by atoms with Crippen molar-refractivity contribution in [2.45, 2.75) is 33.4 Å². The number of nitrogens with one attached hydrogen (secondary N) is 1. The molecule has 126 valence electrons. The predicted molar refractivity (Wildman–Crippen MR) is 92.9 cm³/mol. The lowest BCUT2D eigenvalue weighted by Gasteiger charge is -2.30. The van der Waals surface area contributed by atoms with Crippen molar-refractivity contribution in [1.29, 1.82) is 0 Å². The normalized spacial score (nSPS) is 13.1. The van der Waals surface area contributed by atoms with E-state index >= 15 is 0 Å². The Morgan fingerprint density at radius 2 is 2.17 bits per heavy atom. The number of rotatable bonds is 4. The van der Waals surface area contributed by atoms with Crippen LogP contribution in [0.2, 0.25) is 0 Å². The van der Waals surface area contributed by atoms with E-state index in [1.807, 2.05) is 17.5 Å². The molecule has 0 aliphatic rings. The molecule has 1 atom stereocenters. The van der Waals surface area contributed by atoms with Crippen LogP contribution >= 0.6 is 11.3 Å². The molecular formula is C17H19N3O3S. The van der Waals surface area contributed by atoms with Gasteiger partial charge in [-0.25, -0.2) is 14.3 Å². The maximum Gasteiger partial charge on any atom is 0.421 e. The number of hydrogen-bond donors (Lipinski definition) is 1. The Bertz CT molecular complexity index is 903. The maximum atomic E-state index is 12.5. The van der Waals surface area contributed by atoms with Gasteiger partial charge in [-0.2, -0.15) is 0 Å². The first-order valence-corrected chi connectivity index (χ1v) is 8.51. The number of carbonyl (C=O) groups is 1. The van der Waals surface area contributed by atoms with Gasteiger partial charge in [0.25, 0.3) is 0 Å². The van der Waals surface area contributed by atoms with Crippen molar-refractivity contribution in [2.24, 2.45) is 5.41 Å². The third-order valence-electron chi connectivity index (χ3n) is 3.72. The highest BCUT2D eigenvalue weighted by Gasteiger charge is 2.29. The number of fused-ring (bicyclic) bond motifs is 1. The molecule has 0 spiro atoms. The van der Waals surface area contributed by atoms with E-state index < -0.39 is 5.76 Å². The zero-order chi connectivity index (χ0) is 17.3. The standard InChI is InChI=1S/C17H19N3O3S/c1-17(2,3)14(12-7-5-9-24-12)19-13(21)10-20-15-11(23-16(20)22)6-4-8-18-15/h4-9,14H,10H2,1-3H3,(H,19,21)/t14-/m0/s1. The molecule has 1 amide bonds. The SMILES string of the molecule is CC(C)(C)[C@@H](NC(=O)Cn1c(=O)oc2cccnc21)c1cccs1. The van der Waals surface area contributed by atoms with Gasteiger partial charge in [-0.3, -0.25) is 4.79 Å². The number of thiophene rings is 1. The van der Waals surface area contributed by atoms with Crippen LogP contribution in [-0.2, 0) is 11.3 Å². The third-order valence-corrected chi connectivity index (χ3v) is 4.66. The van der Waals surface area contributed by atoms with Crippen molar-refractivity contribution in [3.8, 4) is 0 Å². The molecule has 0 saturated heterocycles. The third kappa shape index (κ3) is 3.26. The highest BCUT2D eigenvalue weighted by atomic mass is 32.1. The molecule has 0 fully saturated rings. The lowest BCUT2D eigenvalue weighted by Crippen LogP contribution is -2.39. The first-order valence-electron chi connectivity index (χ1n) is 7.63. The lowest BCUT2D eigenvalue weighted by molar-refractivity contribution is -0.123. The van der Waals surface area contributed by atoms with Crippen molar-refractivity contribution < 1.29 is 9.21 Å². The zero-order valence-corrected chi connectivity index (χ0v) is 14.6. The zero-order valence-electron chi connectivity index (χ0n) is 13.8. The summed E-state index contributed by atoms with van der Waals surface area (Å²) >= 11 is 1.60. The molecule has 0 bridgehead atoms. The van der Waals surface area contributed by atoms with Crippen molar-refractivity contribution in [2.75, 3.05) is 0 Å². The van der Waals surface area contributed by atoms with Gasteiger partial charge >= 0.3 is 5.76 Å². The Balaban J connectivity index is 1.84. The van der Waals surface area contributed by atoms with Gasteiger partial charge in [0.15, 0.2) is 11.2 Å².